The number of hydrogen-bond donors (Lipinski definition) is 0. The molecule has 0 aliphatic rings. The molecule has 5 aromatic rings. The van der Waals surface area contributed by atoms with Gasteiger partial charge >= 0.3 is 0 Å². The highest BCUT2D eigenvalue weighted by atomic mass is 32.1. The number of anilines is 2. The van der Waals surface area contributed by atoms with Crippen LogP contribution in [0.15, 0.2) is 91.0 Å². The molecule has 2 aromatic heterocycles. The maximum Gasteiger partial charge on any atom is 0.0974 e. The lowest BCUT2D eigenvalue weighted by atomic mass is 10.2. The third kappa shape index (κ3) is 2.90. The van der Waals surface area contributed by atoms with E-state index in [-0.39, 0.29) is 0 Å². The third-order valence-corrected chi connectivity index (χ3v) is 6.82. The Hall–Kier alpha value is -2.62. The molecule has 5 rings (SSSR count). The zero-order valence-electron chi connectivity index (χ0n) is 14.1. The Kier molecular flexibility index (Phi) is 3.96. The first-order chi connectivity index (χ1) is 12.9. The van der Waals surface area contributed by atoms with E-state index >= 15 is 0 Å². The Labute approximate surface area is 160 Å². The summed E-state index contributed by atoms with van der Waals surface area (Å²) < 4.78 is 2.67. The number of fused-ring (bicyclic) bond motifs is 2. The summed E-state index contributed by atoms with van der Waals surface area (Å²) in [6, 6.07) is 32.6. The van der Waals surface area contributed by atoms with Crippen molar-refractivity contribution < 1.29 is 0 Å². The first-order valence-electron chi connectivity index (χ1n) is 8.65. The van der Waals surface area contributed by atoms with E-state index in [1.807, 2.05) is 22.7 Å². The van der Waals surface area contributed by atoms with Crippen molar-refractivity contribution in [2.24, 2.45) is 0 Å². The minimum atomic E-state index is 0.875. The topological polar surface area (TPSA) is 3.24 Å². The maximum absolute atomic E-state index is 2.45. The SMILES string of the molecule is c1ccc(CN(c2cc3ccccc3s2)c2cc3ccccc3s2)cc1. The van der Waals surface area contributed by atoms with Crippen molar-refractivity contribution in [1.82, 2.24) is 0 Å². The lowest BCUT2D eigenvalue weighted by Crippen LogP contribution is -2.13. The molecule has 0 spiro atoms. The van der Waals surface area contributed by atoms with Gasteiger partial charge in [0, 0.05) is 15.9 Å². The van der Waals surface area contributed by atoms with Crippen LogP contribution >= 0.6 is 22.7 Å². The largest absolute Gasteiger partial charge is 0.320 e. The summed E-state index contributed by atoms with van der Waals surface area (Å²) >= 11 is 3.72. The summed E-state index contributed by atoms with van der Waals surface area (Å²) in [6.07, 6.45) is 0. The molecule has 0 saturated carbocycles. The Balaban J connectivity index is 1.64. The fourth-order valence-corrected chi connectivity index (χ4v) is 5.44. The van der Waals surface area contributed by atoms with E-state index < -0.39 is 0 Å². The second-order valence-corrected chi connectivity index (χ2v) is 8.44. The molecule has 0 amide bonds. The number of rotatable bonds is 4. The molecule has 2 heterocycles. The van der Waals surface area contributed by atoms with Crippen molar-refractivity contribution in [2.45, 2.75) is 6.54 Å². The first kappa shape index (κ1) is 15.6. The molecule has 1 nitrogen and oxygen atoms in total. The molecule has 0 fully saturated rings. The van der Waals surface area contributed by atoms with Crippen molar-refractivity contribution in [3.63, 3.8) is 0 Å². The van der Waals surface area contributed by atoms with Gasteiger partial charge in [-0.05, 0) is 40.6 Å². The standard InChI is InChI=1S/C23H17NS2/c1-2-8-17(9-3-1)16-24(22-14-18-10-4-6-12-20(18)25-22)23-15-19-11-5-7-13-21(19)26-23/h1-15H,16H2. The average Bonchev–Trinajstić information content (AvgIpc) is 3.30. The van der Waals surface area contributed by atoms with E-state index in [4.69, 9.17) is 0 Å². The van der Waals surface area contributed by atoms with Gasteiger partial charge in [-0.25, -0.2) is 0 Å². The summed E-state index contributed by atoms with van der Waals surface area (Å²) in [7, 11) is 0. The first-order valence-corrected chi connectivity index (χ1v) is 10.3. The van der Waals surface area contributed by atoms with E-state index in [1.54, 1.807) is 0 Å². The van der Waals surface area contributed by atoms with Crippen LogP contribution in [0.1, 0.15) is 5.56 Å². The van der Waals surface area contributed by atoms with Crippen LogP contribution in [0.25, 0.3) is 20.2 Å². The molecule has 0 aliphatic heterocycles. The fourth-order valence-electron chi connectivity index (χ4n) is 3.23. The van der Waals surface area contributed by atoms with Crippen LogP contribution in [0.3, 0.4) is 0 Å². The van der Waals surface area contributed by atoms with Gasteiger partial charge in [0.15, 0.2) is 0 Å². The summed E-state index contributed by atoms with van der Waals surface area (Å²) in [5, 5.41) is 5.21. The predicted octanol–water partition coefficient (Wildman–Crippen LogP) is 7.45. The van der Waals surface area contributed by atoms with Gasteiger partial charge in [0.1, 0.15) is 0 Å². The van der Waals surface area contributed by atoms with Gasteiger partial charge in [-0.3, -0.25) is 0 Å². The monoisotopic (exact) mass is 371 g/mol. The van der Waals surface area contributed by atoms with Crippen LogP contribution in [0, 0.1) is 0 Å². The molecule has 0 saturated heterocycles. The molecule has 126 valence electrons. The normalized spacial score (nSPS) is 11.2. The van der Waals surface area contributed by atoms with Crippen LogP contribution in [0.5, 0.6) is 0 Å². The van der Waals surface area contributed by atoms with Crippen LogP contribution in [-0.2, 0) is 6.54 Å². The molecule has 0 atom stereocenters. The van der Waals surface area contributed by atoms with E-state index in [0.29, 0.717) is 0 Å². The van der Waals surface area contributed by atoms with Gasteiger partial charge in [0.2, 0.25) is 0 Å². The van der Waals surface area contributed by atoms with Gasteiger partial charge in [-0.1, -0.05) is 66.7 Å². The van der Waals surface area contributed by atoms with Crippen molar-refractivity contribution >= 4 is 52.8 Å². The fraction of sp³-hybridized carbons (Fsp3) is 0.0435. The molecule has 3 aromatic carbocycles. The summed E-state index contributed by atoms with van der Waals surface area (Å²) in [5.74, 6) is 0. The van der Waals surface area contributed by atoms with E-state index in [9.17, 15) is 0 Å². The van der Waals surface area contributed by atoms with Gasteiger partial charge in [0.05, 0.1) is 10.0 Å². The molecule has 3 heteroatoms. The van der Waals surface area contributed by atoms with Gasteiger partial charge < -0.3 is 4.90 Å². The van der Waals surface area contributed by atoms with Gasteiger partial charge in [-0.15, -0.1) is 22.7 Å². The Morgan fingerprint density at radius 2 is 1.08 bits per heavy atom. The van der Waals surface area contributed by atoms with E-state index in [0.717, 1.165) is 6.54 Å². The summed E-state index contributed by atoms with van der Waals surface area (Å²) in [5.41, 5.74) is 1.32. The highest BCUT2D eigenvalue weighted by Crippen LogP contribution is 2.42. The highest BCUT2D eigenvalue weighted by Gasteiger charge is 2.16. The van der Waals surface area contributed by atoms with Crippen molar-refractivity contribution in [3.8, 4) is 0 Å². The van der Waals surface area contributed by atoms with Gasteiger partial charge in [-0.2, -0.15) is 0 Å². The van der Waals surface area contributed by atoms with Gasteiger partial charge in [0.25, 0.3) is 0 Å². The second-order valence-electron chi connectivity index (χ2n) is 6.32. The second kappa shape index (κ2) is 6.60. The predicted molar refractivity (Wildman–Crippen MR) is 116 cm³/mol. The van der Waals surface area contributed by atoms with Crippen LogP contribution in [-0.4, -0.2) is 0 Å². The number of benzene rings is 3. The quantitative estimate of drug-likeness (QED) is 0.317. The summed E-state index contributed by atoms with van der Waals surface area (Å²) in [4.78, 5) is 2.45. The lowest BCUT2D eigenvalue weighted by Gasteiger charge is -2.21. The van der Waals surface area contributed by atoms with Crippen LogP contribution in [0.2, 0.25) is 0 Å². The number of hydrogen-bond acceptors (Lipinski definition) is 3. The van der Waals surface area contributed by atoms with E-state index in [1.165, 1.54) is 35.7 Å². The molecular weight excluding hydrogens is 354 g/mol. The van der Waals surface area contributed by atoms with Crippen molar-refractivity contribution in [2.75, 3.05) is 4.90 Å². The van der Waals surface area contributed by atoms with Crippen molar-refractivity contribution in [1.29, 1.82) is 0 Å². The molecule has 0 radical (unpaired) electrons. The Morgan fingerprint density at radius 3 is 1.62 bits per heavy atom. The zero-order valence-corrected chi connectivity index (χ0v) is 15.8. The molecule has 0 unspecified atom stereocenters. The van der Waals surface area contributed by atoms with Crippen LogP contribution in [0.4, 0.5) is 10.0 Å². The molecule has 0 aliphatic carbocycles. The highest BCUT2D eigenvalue weighted by molar-refractivity contribution is 7.25. The maximum atomic E-state index is 2.45. The number of thiophene rings is 2. The zero-order chi connectivity index (χ0) is 17.3. The molecule has 0 bridgehead atoms. The van der Waals surface area contributed by atoms with Crippen molar-refractivity contribution in [3.05, 3.63) is 96.6 Å². The lowest BCUT2D eigenvalue weighted by molar-refractivity contribution is 1.00. The summed E-state index contributed by atoms with van der Waals surface area (Å²) in [6.45, 7) is 0.875. The minimum absolute atomic E-state index is 0.875. The molecular formula is C23H17NS2. The Bertz CT molecular complexity index is 1030. The van der Waals surface area contributed by atoms with Crippen LogP contribution < -0.4 is 4.90 Å². The molecule has 0 N–H and O–H groups in total. The number of nitrogens with zero attached hydrogens (tertiary/aromatic N) is 1. The molecule has 26 heavy (non-hydrogen) atoms. The average molecular weight is 372 g/mol. The third-order valence-electron chi connectivity index (χ3n) is 4.54. The smallest absolute Gasteiger partial charge is 0.0974 e. The van der Waals surface area contributed by atoms with E-state index in [2.05, 4.69) is 95.9 Å². The Morgan fingerprint density at radius 1 is 0.577 bits per heavy atom. The minimum Gasteiger partial charge on any atom is -0.320 e.